The van der Waals surface area contributed by atoms with Gasteiger partial charge >= 0.3 is 27.5 Å². The highest BCUT2D eigenvalue weighted by molar-refractivity contribution is 7.86. The van der Waals surface area contributed by atoms with E-state index < -0.39 is 40.2 Å². The molecule has 1 N–H and O–H groups in total. The maximum Gasteiger partial charge on any atom is 0.432 e. The summed E-state index contributed by atoms with van der Waals surface area (Å²) in [6.45, 7) is 2.74. The SMILES string of the molecule is CCC(C)c1ccc(OCC(=O)OC(C(F)(F)F)C(F)(F)S(=O)(=O)O)cc1. The Morgan fingerprint density at radius 2 is 1.67 bits per heavy atom. The van der Waals surface area contributed by atoms with Crippen molar-refractivity contribution in [3.8, 4) is 5.75 Å². The van der Waals surface area contributed by atoms with E-state index in [1.165, 1.54) is 12.1 Å². The molecule has 0 radical (unpaired) electrons. The van der Waals surface area contributed by atoms with Gasteiger partial charge in [-0.2, -0.15) is 30.4 Å². The molecule has 154 valence electrons. The van der Waals surface area contributed by atoms with E-state index in [1.54, 1.807) is 12.1 Å². The topological polar surface area (TPSA) is 89.9 Å². The van der Waals surface area contributed by atoms with Gasteiger partial charge in [-0.3, -0.25) is 4.55 Å². The molecule has 2 unspecified atom stereocenters. The molecule has 0 aliphatic rings. The highest BCUT2D eigenvalue weighted by Gasteiger charge is 2.66. The van der Waals surface area contributed by atoms with Crippen molar-refractivity contribution in [3.05, 3.63) is 29.8 Å². The fourth-order valence-corrected chi connectivity index (χ4v) is 2.35. The molecule has 0 spiro atoms. The average molecular weight is 420 g/mol. The molecule has 0 amide bonds. The summed E-state index contributed by atoms with van der Waals surface area (Å²) in [5.41, 5.74) is 0.942. The molecule has 2 atom stereocenters. The van der Waals surface area contributed by atoms with E-state index in [0.29, 0.717) is 0 Å². The molecule has 1 aromatic carbocycles. The molecule has 0 saturated heterocycles. The monoisotopic (exact) mass is 420 g/mol. The Labute approximate surface area is 152 Å². The van der Waals surface area contributed by atoms with Crippen LogP contribution in [0, 0.1) is 0 Å². The van der Waals surface area contributed by atoms with Crippen LogP contribution in [0.25, 0.3) is 0 Å². The minimum absolute atomic E-state index is 0.0594. The van der Waals surface area contributed by atoms with Crippen LogP contribution in [0.1, 0.15) is 31.7 Å². The maximum absolute atomic E-state index is 13.3. The van der Waals surface area contributed by atoms with E-state index in [4.69, 9.17) is 9.29 Å². The molecule has 1 aromatic rings. The van der Waals surface area contributed by atoms with Gasteiger partial charge in [-0.25, -0.2) is 4.79 Å². The fraction of sp³-hybridized carbons (Fsp3) is 0.533. The number of carbonyl (C=O) groups excluding carboxylic acids is 1. The van der Waals surface area contributed by atoms with Gasteiger partial charge in [-0.15, -0.1) is 0 Å². The molecule has 0 bridgehead atoms. The lowest BCUT2D eigenvalue weighted by atomic mass is 9.99. The molecule has 0 aliphatic heterocycles. The molecule has 1 rings (SSSR count). The van der Waals surface area contributed by atoms with Crippen molar-refractivity contribution in [2.45, 2.75) is 43.7 Å². The van der Waals surface area contributed by atoms with Crippen LogP contribution in [0.4, 0.5) is 22.0 Å². The number of hydrogen-bond donors (Lipinski definition) is 1. The van der Waals surface area contributed by atoms with Gasteiger partial charge in [-0.05, 0) is 30.0 Å². The van der Waals surface area contributed by atoms with Gasteiger partial charge in [-0.1, -0.05) is 26.0 Å². The zero-order valence-electron chi connectivity index (χ0n) is 14.2. The van der Waals surface area contributed by atoms with Crippen molar-refractivity contribution in [3.63, 3.8) is 0 Å². The van der Waals surface area contributed by atoms with Crippen molar-refractivity contribution in [2.75, 3.05) is 6.61 Å². The summed E-state index contributed by atoms with van der Waals surface area (Å²) >= 11 is 0. The summed E-state index contributed by atoms with van der Waals surface area (Å²) in [7, 11) is -6.48. The van der Waals surface area contributed by atoms with Gasteiger partial charge in [0.05, 0.1) is 0 Å². The molecule has 27 heavy (non-hydrogen) atoms. The second-order valence-corrected chi connectivity index (χ2v) is 7.11. The van der Waals surface area contributed by atoms with Crippen LogP contribution in [-0.4, -0.2) is 43.1 Å². The summed E-state index contributed by atoms with van der Waals surface area (Å²) < 4.78 is 102. The van der Waals surface area contributed by atoms with Gasteiger partial charge < -0.3 is 9.47 Å². The second-order valence-electron chi connectivity index (χ2n) is 5.62. The predicted octanol–water partition coefficient (Wildman–Crippen LogP) is 3.53. The van der Waals surface area contributed by atoms with E-state index in [9.17, 15) is 35.2 Å². The van der Waals surface area contributed by atoms with E-state index in [-0.39, 0.29) is 11.7 Å². The summed E-state index contributed by atoms with van der Waals surface area (Å²) in [6, 6.07) is 6.14. The number of ether oxygens (including phenoxy) is 2. The number of halogens is 5. The Bertz CT molecular complexity index is 745. The quantitative estimate of drug-likeness (QED) is 0.393. The lowest BCUT2D eigenvalue weighted by molar-refractivity contribution is -0.259. The van der Waals surface area contributed by atoms with Crippen LogP contribution in [0.15, 0.2) is 24.3 Å². The first-order chi connectivity index (χ1) is 12.2. The van der Waals surface area contributed by atoms with Crippen LogP contribution in [0.2, 0.25) is 0 Å². The summed E-state index contributed by atoms with van der Waals surface area (Å²) in [6.07, 6.45) is -9.48. The van der Waals surface area contributed by atoms with Crippen molar-refractivity contribution < 1.29 is 49.2 Å². The molecule has 12 heteroatoms. The van der Waals surface area contributed by atoms with Crippen LogP contribution < -0.4 is 4.74 Å². The summed E-state index contributed by atoms with van der Waals surface area (Å²) in [4.78, 5) is 11.4. The normalized spacial score (nSPS) is 15.1. The molecule has 0 aromatic heterocycles. The Kier molecular flexibility index (Phi) is 7.17. The number of hydrogen-bond acceptors (Lipinski definition) is 5. The van der Waals surface area contributed by atoms with Gasteiger partial charge in [0.2, 0.25) is 0 Å². The average Bonchev–Trinajstić information content (AvgIpc) is 2.55. The third-order valence-corrected chi connectivity index (χ3v) is 4.52. The zero-order valence-corrected chi connectivity index (χ0v) is 15.0. The Balaban J connectivity index is 2.81. The van der Waals surface area contributed by atoms with Crippen molar-refractivity contribution >= 4 is 16.1 Å². The first-order valence-corrected chi connectivity index (χ1v) is 8.98. The van der Waals surface area contributed by atoms with Crippen molar-refractivity contribution in [1.82, 2.24) is 0 Å². The van der Waals surface area contributed by atoms with Gasteiger partial charge in [0.15, 0.2) is 6.61 Å². The van der Waals surface area contributed by atoms with Crippen LogP contribution >= 0.6 is 0 Å². The van der Waals surface area contributed by atoms with E-state index in [1.807, 2.05) is 13.8 Å². The van der Waals surface area contributed by atoms with Gasteiger partial charge in [0.25, 0.3) is 6.10 Å². The Morgan fingerprint density at radius 3 is 2.07 bits per heavy atom. The smallest absolute Gasteiger partial charge is 0.432 e. The van der Waals surface area contributed by atoms with E-state index in [0.717, 1.165) is 12.0 Å². The second kappa shape index (κ2) is 8.38. The number of benzene rings is 1. The minimum Gasteiger partial charge on any atom is -0.482 e. The van der Waals surface area contributed by atoms with Crippen molar-refractivity contribution in [1.29, 1.82) is 0 Å². The highest BCUT2D eigenvalue weighted by atomic mass is 32.2. The summed E-state index contributed by atoms with van der Waals surface area (Å²) in [5.74, 6) is -1.60. The van der Waals surface area contributed by atoms with E-state index in [2.05, 4.69) is 4.74 Å². The fourth-order valence-electron chi connectivity index (χ4n) is 1.90. The molecule has 6 nitrogen and oxygen atoms in total. The highest BCUT2D eigenvalue weighted by Crippen LogP contribution is 2.38. The zero-order chi connectivity index (χ0) is 21.0. The van der Waals surface area contributed by atoms with Crippen LogP contribution in [0.5, 0.6) is 5.75 Å². The van der Waals surface area contributed by atoms with Crippen LogP contribution in [0.3, 0.4) is 0 Å². The Hall–Kier alpha value is -1.95. The molecule has 0 saturated carbocycles. The molecule has 0 aliphatic carbocycles. The standard InChI is InChI=1S/C15H17F5O6S/c1-3-9(2)10-4-6-11(7-5-10)25-8-12(21)26-13(14(16,17)18)15(19,20)27(22,23)24/h4-7,9,13H,3,8H2,1-2H3,(H,22,23,24). The minimum atomic E-state index is -6.48. The largest absolute Gasteiger partial charge is 0.482 e. The van der Waals surface area contributed by atoms with Gasteiger partial charge in [0.1, 0.15) is 5.75 Å². The third-order valence-electron chi connectivity index (χ3n) is 3.61. The maximum atomic E-state index is 13.3. The van der Waals surface area contributed by atoms with Crippen LogP contribution in [-0.2, 0) is 19.6 Å². The molecular weight excluding hydrogens is 403 g/mol. The number of esters is 1. The third kappa shape index (κ3) is 6.03. The molecule has 0 fully saturated rings. The predicted molar refractivity (Wildman–Crippen MR) is 83.1 cm³/mol. The lowest BCUT2D eigenvalue weighted by Crippen LogP contribution is -2.52. The first kappa shape index (κ1) is 23.1. The first-order valence-electron chi connectivity index (χ1n) is 7.54. The number of carbonyl (C=O) groups is 1. The van der Waals surface area contributed by atoms with E-state index >= 15 is 0 Å². The summed E-state index contributed by atoms with van der Waals surface area (Å²) in [5, 5.41) is -5.78. The number of rotatable bonds is 8. The Morgan fingerprint density at radius 1 is 1.15 bits per heavy atom. The van der Waals surface area contributed by atoms with Gasteiger partial charge in [0, 0.05) is 0 Å². The van der Waals surface area contributed by atoms with Crippen molar-refractivity contribution in [2.24, 2.45) is 0 Å². The lowest BCUT2D eigenvalue weighted by Gasteiger charge is -2.26. The molecular formula is C15H17F5O6S. The molecule has 0 heterocycles. The number of alkyl halides is 5.